The highest BCUT2D eigenvalue weighted by atomic mass is 16.5. The number of hydrogen-bond donors (Lipinski definition) is 2. The standard InChI is InChI=1S/C15H21N3O2/c1-13-4-2-5-15(10-13)20-9-7-16-11-14(19)12-18-8-3-6-17-18/h2-6,8,10,14,16,19H,7,9,11-12H2,1H3. The monoisotopic (exact) mass is 275 g/mol. The third-order valence-corrected chi connectivity index (χ3v) is 2.87. The van der Waals surface area contributed by atoms with Crippen LogP contribution >= 0.6 is 0 Å². The summed E-state index contributed by atoms with van der Waals surface area (Å²) in [6.45, 7) is 4.34. The van der Waals surface area contributed by atoms with E-state index in [4.69, 9.17) is 4.74 Å². The molecular weight excluding hydrogens is 254 g/mol. The average Bonchev–Trinajstić information content (AvgIpc) is 2.91. The summed E-state index contributed by atoms with van der Waals surface area (Å²) in [5, 5.41) is 17.0. The van der Waals surface area contributed by atoms with Crippen LogP contribution in [0.3, 0.4) is 0 Å². The van der Waals surface area contributed by atoms with Crippen molar-refractivity contribution < 1.29 is 9.84 Å². The van der Waals surface area contributed by atoms with Crippen molar-refractivity contribution in [1.82, 2.24) is 15.1 Å². The molecule has 0 amide bonds. The van der Waals surface area contributed by atoms with E-state index in [0.717, 1.165) is 5.75 Å². The Labute approximate surface area is 119 Å². The molecule has 0 fully saturated rings. The number of hydrogen-bond acceptors (Lipinski definition) is 4. The summed E-state index contributed by atoms with van der Waals surface area (Å²) in [6, 6.07) is 9.81. The quantitative estimate of drug-likeness (QED) is 0.711. The molecule has 2 rings (SSSR count). The number of aliphatic hydroxyl groups is 1. The highest BCUT2D eigenvalue weighted by Gasteiger charge is 2.04. The van der Waals surface area contributed by atoms with Gasteiger partial charge in [0.05, 0.1) is 12.6 Å². The first-order valence-corrected chi connectivity index (χ1v) is 6.80. The van der Waals surface area contributed by atoms with Crippen LogP contribution in [-0.2, 0) is 6.54 Å². The summed E-state index contributed by atoms with van der Waals surface area (Å²) < 4.78 is 7.33. The highest BCUT2D eigenvalue weighted by Crippen LogP contribution is 2.11. The summed E-state index contributed by atoms with van der Waals surface area (Å²) in [7, 11) is 0. The van der Waals surface area contributed by atoms with E-state index < -0.39 is 6.10 Å². The lowest BCUT2D eigenvalue weighted by atomic mass is 10.2. The van der Waals surface area contributed by atoms with Gasteiger partial charge in [0.1, 0.15) is 12.4 Å². The molecule has 0 spiro atoms. The van der Waals surface area contributed by atoms with E-state index >= 15 is 0 Å². The second kappa shape index (κ2) is 7.67. The Morgan fingerprint density at radius 3 is 3.05 bits per heavy atom. The topological polar surface area (TPSA) is 59.3 Å². The summed E-state index contributed by atoms with van der Waals surface area (Å²) in [5.41, 5.74) is 1.19. The van der Waals surface area contributed by atoms with E-state index in [1.807, 2.05) is 43.5 Å². The van der Waals surface area contributed by atoms with Gasteiger partial charge in [0.2, 0.25) is 0 Å². The summed E-state index contributed by atoms with van der Waals surface area (Å²) in [5.74, 6) is 0.879. The van der Waals surface area contributed by atoms with Gasteiger partial charge in [-0.1, -0.05) is 12.1 Å². The number of nitrogens with one attached hydrogen (secondary N) is 1. The first-order valence-electron chi connectivity index (χ1n) is 6.80. The van der Waals surface area contributed by atoms with Crippen molar-refractivity contribution in [2.75, 3.05) is 19.7 Å². The van der Waals surface area contributed by atoms with E-state index in [-0.39, 0.29) is 0 Å². The Morgan fingerprint density at radius 1 is 1.40 bits per heavy atom. The average molecular weight is 275 g/mol. The molecule has 108 valence electrons. The van der Waals surface area contributed by atoms with Crippen LogP contribution in [-0.4, -0.2) is 40.7 Å². The maximum Gasteiger partial charge on any atom is 0.119 e. The molecule has 1 heterocycles. The minimum Gasteiger partial charge on any atom is -0.492 e. The van der Waals surface area contributed by atoms with Gasteiger partial charge < -0.3 is 15.2 Å². The zero-order chi connectivity index (χ0) is 14.2. The van der Waals surface area contributed by atoms with Crippen molar-refractivity contribution in [3.63, 3.8) is 0 Å². The number of aliphatic hydroxyl groups excluding tert-OH is 1. The molecule has 0 saturated carbocycles. The van der Waals surface area contributed by atoms with Gasteiger partial charge in [-0.15, -0.1) is 0 Å². The number of aromatic nitrogens is 2. The van der Waals surface area contributed by atoms with Crippen molar-refractivity contribution in [2.45, 2.75) is 19.6 Å². The third kappa shape index (κ3) is 5.03. The minimum atomic E-state index is -0.450. The van der Waals surface area contributed by atoms with Gasteiger partial charge in [-0.05, 0) is 30.7 Å². The molecule has 0 radical (unpaired) electrons. The molecule has 0 aliphatic carbocycles. The van der Waals surface area contributed by atoms with E-state index in [1.165, 1.54) is 5.56 Å². The Morgan fingerprint density at radius 2 is 2.30 bits per heavy atom. The fourth-order valence-corrected chi connectivity index (χ4v) is 1.90. The first kappa shape index (κ1) is 14.6. The van der Waals surface area contributed by atoms with Gasteiger partial charge in [-0.25, -0.2) is 0 Å². The lowest BCUT2D eigenvalue weighted by molar-refractivity contribution is 0.145. The van der Waals surface area contributed by atoms with Crippen LogP contribution in [0.5, 0.6) is 5.75 Å². The van der Waals surface area contributed by atoms with E-state index in [9.17, 15) is 5.11 Å². The van der Waals surface area contributed by atoms with Crippen molar-refractivity contribution in [1.29, 1.82) is 0 Å². The van der Waals surface area contributed by atoms with Crippen LogP contribution in [0.25, 0.3) is 0 Å². The van der Waals surface area contributed by atoms with Crippen molar-refractivity contribution in [3.05, 3.63) is 48.3 Å². The van der Waals surface area contributed by atoms with Crippen molar-refractivity contribution >= 4 is 0 Å². The molecule has 2 aromatic rings. The fraction of sp³-hybridized carbons (Fsp3) is 0.400. The number of rotatable bonds is 8. The molecule has 1 aromatic heterocycles. The molecular formula is C15H21N3O2. The molecule has 0 aliphatic heterocycles. The molecule has 1 unspecified atom stereocenters. The Hall–Kier alpha value is -1.85. The highest BCUT2D eigenvalue weighted by molar-refractivity contribution is 5.27. The molecule has 20 heavy (non-hydrogen) atoms. The molecule has 1 atom stereocenters. The molecule has 2 N–H and O–H groups in total. The summed E-state index contributed by atoms with van der Waals surface area (Å²) in [6.07, 6.45) is 3.09. The van der Waals surface area contributed by atoms with Crippen LogP contribution < -0.4 is 10.1 Å². The molecule has 5 heteroatoms. The fourth-order valence-electron chi connectivity index (χ4n) is 1.90. The molecule has 5 nitrogen and oxygen atoms in total. The largest absolute Gasteiger partial charge is 0.492 e. The van der Waals surface area contributed by atoms with E-state index in [0.29, 0.717) is 26.2 Å². The third-order valence-electron chi connectivity index (χ3n) is 2.87. The van der Waals surface area contributed by atoms with Gasteiger partial charge in [-0.3, -0.25) is 4.68 Å². The van der Waals surface area contributed by atoms with Gasteiger partial charge in [0.15, 0.2) is 0 Å². The molecule has 0 saturated heterocycles. The number of nitrogens with zero attached hydrogens (tertiary/aromatic N) is 2. The maximum atomic E-state index is 9.81. The van der Waals surface area contributed by atoms with Crippen LogP contribution in [0, 0.1) is 6.92 Å². The van der Waals surface area contributed by atoms with E-state index in [2.05, 4.69) is 10.4 Å². The molecule has 0 bridgehead atoms. The Kier molecular flexibility index (Phi) is 5.58. The van der Waals surface area contributed by atoms with Gasteiger partial charge >= 0.3 is 0 Å². The van der Waals surface area contributed by atoms with Crippen molar-refractivity contribution in [3.8, 4) is 5.75 Å². The van der Waals surface area contributed by atoms with Crippen molar-refractivity contribution in [2.24, 2.45) is 0 Å². The second-order valence-corrected chi connectivity index (χ2v) is 4.75. The van der Waals surface area contributed by atoms with Gasteiger partial charge in [0, 0.05) is 25.5 Å². The number of ether oxygens (including phenoxy) is 1. The smallest absolute Gasteiger partial charge is 0.119 e. The second-order valence-electron chi connectivity index (χ2n) is 4.75. The van der Waals surface area contributed by atoms with E-state index in [1.54, 1.807) is 10.9 Å². The molecule has 1 aromatic carbocycles. The minimum absolute atomic E-state index is 0.450. The first-order chi connectivity index (χ1) is 9.74. The lowest BCUT2D eigenvalue weighted by Gasteiger charge is -2.12. The number of benzene rings is 1. The van der Waals surface area contributed by atoms with Crippen LogP contribution in [0.1, 0.15) is 5.56 Å². The Bertz CT molecular complexity index is 500. The maximum absolute atomic E-state index is 9.81. The lowest BCUT2D eigenvalue weighted by Crippen LogP contribution is -2.32. The Balaban J connectivity index is 1.57. The predicted octanol–water partition coefficient (Wildman–Crippen LogP) is 1.22. The van der Waals surface area contributed by atoms with Gasteiger partial charge in [-0.2, -0.15) is 5.10 Å². The van der Waals surface area contributed by atoms with Crippen LogP contribution in [0.2, 0.25) is 0 Å². The molecule has 0 aliphatic rings. The van der Waals surface area contributed by atoms with Gasteiger partial charge in [0.25, 0.3) is 0 Å². The zero-order valence-electron chi connectivity index (χ0n) is 11.7. The summed E-state index contributed by atoms with van der Waals surface area (Å²) in [4.78, 5) is 0. The SMILES string of the molecule is Cc1cccc(OCCNCC(O)Cn2cccn2)c1. The van der Waals surface area contributed by atoms with Crippen LogP contribution in [0.15, 0.2) is 42.7 Å². The number of aryl methyl sites for hydroxylation is 1. The van der Waals surface area contributed by atoms with Crippen LogP contribution in [0.4, 0.5) is 0 Å². The normalized spacial score (nSPS) is 12.3. The summed E-state index contributed by atoms with van der Waals surface area (Å²) >= 11 is 0. The predicted molar refractivity (Wildman–Crippen MR) is 77.8 cm³/mol. The zero-order valence-corrected chi connectivity index (χ0v) is 11.7.